The van der Waals surface area contributed by atoms with Crippen LogP contribution in [0.1, 0.15) is 42.4 Å². The van der Waals surface area contributed by atoms with E-state index in [0.29, 0.717) is 11.1 Å². The van der Waals surface area contributed by atoms with E-state index in [-0.39, 0.29) is 22.2 Å². The first kappa shape index (κ1) is 15.9. The fourth-order valence-electron chi connectivity index (χ4n) is 3.17. The molecule has 21 heavy (non-hydrogen) atoms. The summed E-state index contributed by atoms with van der Waals surface area (Å²) in [6, 6.07) is 1.50. The molecule has 0 amide bonds. The molecule has 7 heteroatoms. The van der Waals surface area contributed by atoms with Gasteiger partial charge in [-0.25, -0.2) is 13.1 Å². The van der Waals surface area contributed by atoms with Crippen LogP contribution in [0.15, 0.2) is 11.0 Å². The Labute approximate surface area is 124 Å². The number of rotatable bonds is 4. The van der Waals surface area contributed by atoms with Crippen LogP contribution in [-0.2, 0) is 10.0 Å². The highest BCUT2D eigenvalue weighted by atomic mass is 32.2. The molecule has 1 aliphatic rings. The SMILES string of the molecule is Cc1cc(C)c(S(=O)(=O)NC2CCCC2)c(C)c1[N+](=O)[O-]. The van der Waals surface area contributed by atoms with Crippen molar-refractivity contribution in [1.29, 1.82) is 0 Å². The van der Waals surface area contributed by atoms with Gasteiger partial charge in [-0.3, -0.25) is 10.1 Å². The Balaban J connectivity index is 2.52. The molecule has 1 aromatic rings. The minimum absolute atomic E-state index is 0.0479. The maximum atomic E-state index is 12.6. The second-order valence-corrected chi connectivity index (χ2v) is 7.32. The number of aryl methyl sites for hydroxylation is 2. The summed E-state index contributed by atoms with van der Waals surface area (Å²) in [6.07, 6.45) is 3.68. The molecule has 0 saturated heterocycles. The molecule has 1 aliphatic carbocycles. The molecule has 1 fully saturated rings. The molecule has 0 radical (unpaired) electrons. The van der Waals surface area contributed by atoms with Gasteiger partial charge in [0.25, 0.3) is 5.69 Å². The van der Waals surface area contributed by atoms with Crippen LogP contribution >= 0.6 is 0 Å². The lowest BCUT2D eigenvalue weighted by Gasteiger charge is -2.16. The second-order valence-electron chi connectivity index (χ2n) is 5.67. The van der Waals surface area contributed by atoms with Crippen LogP contribution in [-0.4, -0.2) is 19.4 Å². The Kier molecular flexibility index (Phi) is 4.34. The number of sulfonamides is 1. The number of nitro groups is 1. The molecule has 0 aromatic heterocycles. The van der Waals surface area contributed by atoms with Crippen LogP contribution in [0.4, 0.5) is 5.69 Å². The van der Waals surface area contributed by atoms with Crippen molar-refractivity contribution in [1.82, 2.24) is 4.72 Å². The third kappa shape index (κ3) is 3.08. The van der Waals surface area contributed by atoms with E-state index in [9.17, 15) is 18.5 Å². The summed E-state index contributed by atoms with van der Waals surface area (Å²) in [5.74, 6) is 0. The first-order chi connectivity index (χ1) is 9.74. The summed E-state index contributed by atoms with van der Waals surface area (Å²) in [5.41, 5.74) is 1.12. The van der Waals surface area contributed by atoms with Crippen molar-refractivity contribution in [2.75, 3.05) is 0 Å². The normalized spacial score (nSPS) is 16.3. The lowest BCUT2D eigenvalue weighted by molar-refractivity contribution is -0.386. The van der Waals surface area contributed by atoms with Gasteiger partial charge in [-0.1, -0.05) is 12.8 Å². The highest BCUT2D eigenvalue weighted by Gasteiger charge is 2.30. The van der Waals surface area contributed by atoms with Crippen molar-refractivity contribution in [2.45, 2.75) is 57.4 Å². The number of benzene rings is 1. The van der Waals surface area contributed by atoms with Crippen LogP contribution < -0.4 is 4.72 Å². The van der Waals surface area contributed by atoms with Crippen molar-refractivity contribution in [3.8, 4) is 0 Å². The molecule has 1 N–H and O–H groups in total. The van der Waals surface area contributed by atoms with Crippen LogP contribution in [0.25, 0.3) is 0 Å². The van der Waals surface area contributed by atoms with E-state index in [4.69, 9.17) is 0 Å². The molecule has 0 unspecified atom stereocenters. The zero-order chi connectivity index (χ0) is 15.8. The minimum atomic E-state index is -3.73. The van der Waals surface area contributed by atoms with Crippen LogP contribution in [0, 0.1) is 30.9 Å². The fourth-order valence-corrected chi connectivity index (χ4v) is 4.95. The molecular weight excluding hydrogens is 292 g/mol. The van der Waals surface area contributed by atoms with E-state index in [1.165, 1.54) is 6.92 Å². The highest BCUT2D eigenvalue weighted by molar-refractivity contribution is 7.89. The van der Waals surface area contributed by atoms with E-state index in [2.05, 4.69) is 4.72 Å². The Hall–Kier alpha value is -1.47. The maximum absolute atomic E-state index is 12.6. The first-order valence-electron chi connectivity index (χ1n) is 7.01. The van der Waals surface area contributed by atoms with Crippen LogP contribution in [0.3, 0.4) is 0 Å². The van der Waals surface area contributed by atoms with E-state index in [0.717, 1.165) is 25.7 Å². The summed E-state index contributed by atoms with van der Waals surface area (Å²) in [4.78, 5) is 10.7. The third-order valence-electron chi connectivity index (χ3n) is 3.99. The van der Waals surface area contributed by atoms with E-state index < -0.39 is 14.9 Å². The van der Waals surface area contributed by atoms with E-state index in [1.807, 2.05) is 0 Å². The van der Waals surface area contributed by atoms with Gasteiger partial charge in [0.2, 0.25) is 10.0 Å². The number of nitrogens with one attached hydrogen (secondary N) is 1. The van der Waals surface area contributed by atoms with Gasteiger partial charge in [-0.05, 0) is 45.2 Å². The number of hydrogen-bond acceptors (Lipinski definition) is 4. The molecule has 116 valence electrons. The highest BCUT2D eigenvalue weighted by Crippen LogP contribution is 2.32. The smallest absolute Gasteiger partial charge is 0.258 e. The van der Waals surface area contributed by atoms with Gasteiger partial charge in [-0.15, -0.1) is 0 Å². The molecule has 2 rings (SSSR count). The maximum Gasteiger partial charge on any atom is 0.276 e. The average Bonchev–Trinajstić information content (AvgIpc) is 2.78. The second kappa shape index (κ2) is 5.73. The van der Waals surface area contributed by atoms with E-state index >= 15 is 0 Å². The van der Waals surface area contributed by atoms with Crippen molar-refractivity contribution in [2.24, 2.45) is 0 Å². The zero-order valence-corrected chi connectivity index (χ0v) is 13.3. The number of nitrogens with zero attached hydrogens (tertiary/aromatic N) is 1. The van der Waals surface area contributed by atoms with Gasteiger partial charge in [0.1, 0.15) is 0 Å². The summed E-state index contributed by atoms with van der Waals surface area (Å²) < 4.78 is 27.9. The predicted molar refractivity (Wildman–Crippen MR) is 79.9 cm³/mol. The van der Waals surface area contributed by atoms with Crippen molar-refractivity contribution < 1.29 is 13.3 Å². The molecule has 6 nitrogen and oxygen atoms in total. The lowest BCUT2D eigenvalue weighted by Crippen LogP contribution is -2.33. The van der Waals surface area contributed by atoms with Gasteiger partial charge in [0.15, 0.2) is 0 Å². The van der Waals surface area contributed by atoms with Crippen LogP contribution in [0.5, 0.6) is 0 Å². The monoisotopic (exact) mass is 312 g/mol. The van der Waals surface area contributed by atoms with Gasteiger partial charge in [0, 0.05) is 17.2 Å². The predicted octanol–water partition coefficient (Wildman–Crippen LogP) is 2.74. The molecule has 1 aromatic carbocycles. The molecule has 0 atom stereocenters. The fraction of sp³-hybridized carbons (Fsp3) is 0.571. The van der Waals surface area contributed by atoms with Gasteiger partial charge in [-0.2, -0.15) is 0 Å². The molecule has 0 heterocycles. The molecule has 0 bridgehead atoms. The molecule has 0 aliphatic heterocycles. The van der Waals surface area contributed by atoms with Crippen LogP contribution in [0.2, 0.25) is 0 Å². The Morgan fingerprint density at radius 3 is 2.29 bits per heavy atom. The topological polar surface area (TPSA) is 89.3 Å². The van der Waals surface area contributed by atoms with Crippen molar-refractivity contribution >= 4 is 15.7 Å². The zero-order valence-electron chi connectivity index (χ0n) is 12.5. The molecule has 1 saturated carbocycles. The number of nitro benzene ring substituents is 1. The van der Waals surface area contributed by atoms with Crippen molar-refractivity contribution in [3.63, 3.8) is 0 Å². The summed E-state index contributed by atoms with van der Waals surface area (Å²) in [7, 11) is -3.73. The molecular formula is C14H20N2O4S. The van der Waals surface area contributed by atoms with Gasteiger partial charge >= 0.3 is 0 Å². The lowest BCUT2D eigenvalue weighted by atomic mass is 10.1. The summed E-state index contributed by atoms with van der Waals surface area (Å²) >= 11 is 0. The minimum Gasteiger partial charge on any atom is -0.258 e. The first-order valence-corrected chi connectivity index (χ1v) is 8.50. The summed E-state index contributed by atoms with van der Waals surface area (Å²) in [5, 5.41) is 11.2. The quantitative estimate of drug-likeness (QED) is 0.684. The van der Waals surface area contributed by atoms with Gasteiger partial charge in [0.05, 0.1) is 9.82 Å². The van der Waals surface area contributed by atoms with Crippen molar-refractivity contribution in [3.05, 3.63) is 32.9 Å². The Morgan fingerprint density at radius 2 is 1.76 bits per heavy atom. The summed E-state index contributed by atoms with van der Waals surface area (Å²) in [6.45, 7) is 4.80. The number of hydrogen-bond donors (Lipinski definition) is 1. The largest absolute Gasteiger partial charge is 0.276 e. The van der Waals surface area contributed by atoms with Gasteiger partial charge < -0.3 is 0 Å². The Morgan fingerprint density at radius 1 is 1.19 bits per heavy atom. The standard InChI is InChI=1S/C14H20N2O4S/c1-9-8-10(2)14(11(3)13(9)16(17)18)21(19,20)15-12-6-4-5-7-12/h8,12,15H,4-7H2,1-3H3. The Bertz CT molecular complexity index is 677. The third-order valence-corrected chi connectivity index (χ3v) is 5.80. The van der Waals surface area contributed by atoms with E-state index in [1.54, 1.807) is 19.9 Å². The average molecular weight is 312 g/mol. The molecule has 0 spiro atoms.